The minimum absolute atomic E-state index is 0.162. The maximum Gasteiger partial charge on any atom is 0.137 e. The van der Waals surface area contributed by atoms with E-state index in [1.807, 2.05) is 6.92 Å². The topological polar surface area (TPSA) is 49.2 Å². The summed E-state index contributed by atoms with van der Waals surface area (Å²) in [6.45, 7) is 7.14. The van der Waals surface area contributed by atoms with Crippen molar-refractivity contribution in [3.63, 3.8) is 0 Å². The third kappa shape index (κ3) is 2.45. The molecule has 2 heterocycles. The molecule has 1 aromatic heterocycles. The molecule has 1 fully saturated rings. The van der Waals surface area contributed by atoms with E-state index in [1.165, 1.54) is 0 Å². The Kier molecular flexibility index (Phi) is 4.07. The molecule has 0 amide bonds. The number of aliphatic hydroxyl groups is 1. The van der Waals surface area contributed by atoms with Crippen molar-refractivity contribution in [3.05, 3.63) is 16.5 Å². The molecule has 0 radical (unpaired) electrons. The molecule has 0 aromatic carbocycles. The average molecular weight is 270 g/mol. The summed E-state index contributed by atoms with van der Waals surface area (Å²) in [5.41, 5.74) is 0.904. The Morgan fingerprint density at radius 1 is 1.44 bits per heavy atom. The molecule has 0 bridgehead atoms. The zero-order valence-corrected chi connectivity index (χ0v) is 11.9. The molecule has 1 N–H and O–H groups in total. The predicted octanol–water partition coefficient (Wildman–Crippen LogP) is 2.52. The Balaban J connectivity index is 2.42. The zero-order chi connectivity index (χ0) is 13.3. The standard InChI is InChI=1S/C13H20ClN3O/c1-8(2)12-15-11(14)9(3)13(16-12)17-6-4-5-10(17)7-18/h8,10,18H,4-7H2,1-3H3. The molecule has 1 atom stereocenters. The van der Waals surface area contributed by atoms with Gasteiger partial charge >= 0.3 is 0 Å². The van der Waals surface area contributed by atoms with Crippen LogP contribution in [0.15, 0.2) is 0 Å². The highest BCUT2D eigenvalue weighted by atomic mass is 35.5. The number of halogens is 1. The van der Waals surface area contributed by atoms with Gasteiger partial charge in [-0.2, -0.15) is 0 Å². The van der Waals surface area contributed by atoms with Crippen molar-refractivity contribution >= 4 is 17.4 Å². The number of rotatable bonds is 3. The fraction of sp³-hybridized carbons (Fsp3) is 0.692. The van der Waals surface area contributed by atoms with E-state index in [0.717, 1.165) is 36.6 Å². The molecule has 0 spiro atoms. The van der Waals surface area contributed by atoms with Gasteiger partial charge in [-0.15, -0.1) is 0 Å². The number of aliphatic hydroxyl groups excluding tert-OH is 1. The zero-order valence-electron chi connectivity index (χ0n) is 11.1. The first-order valence-electron chi connectivity index (χ1n) is 6.46. The lowest BCUT2D eigenvalue weighted by molar-refractivity contribution is 0.266. The summed E-state index contributed by atoms with van der Waals surface area (Å²) < 4.78 is 0. The lowest BCUT2D eigenvalue weighted by Gasteiger charge is -2.26. The average Bonchev–Trinajstić information content (AvgIpc) is 2.80. The molecule has 2 rings (SSSR count). The normalized spacial score (nSPS) is 19.9. The van der Waals surface area contributed by atoms with Crippen LogP contribution < -0.4 is 4.90 Å². The van der Waals surface area contributed by atoms with Gasteiger partial charge < -0.3 is 10.0 Å². The van der Waals surface area contributed by atoms with Gasteiger partial charge in [0.05, 0.1) is 12.6 Å². The first-order valence-corrected chi connectivity index (χ1v) is 6.84. The van der Waals surface area contributed by atoms with Gasteiger partial charge in [-0.3, -0.25) is 0 Å². The van der Waals surface area contributed by atoms with Crippen molar-refractivity contribution in [2.24, 2.45) is 0 Å². The second kappa shape index (κ2) is 5.41. The van der Waals surface area contributed by atoms with Crippen molar-refractivity contribution in [3.8, 4) is 0 Å². The van der Waals surface area contributed by atoms with E-state index in [4.69, 9.17) is 11.6 Å². The minimum Gasteiger partial charge on any atom is -0.394 e. The molecular weight excluding hydrogens is 250 g/mol. The molecule has 1 aliphatic heterocycles. The fourth-order valence-electron chi connectivity index (χ4n) is 2.34. The van der Waals surface area contributed by atoms with Crippen molar-refractivity contribution in [1.29, 1.82) is 0 Å². The van der Waals surface area contributed by atoms with Crippen molar-refractivity contribution < 1.29 is 5.11 Å². The van der Waals surface area contributed by atoms with Crippen LogP contribution in [0.4, 0.5) is 5.82 Å². The van der Waals surface area contributed by atoms with Gasteiger partial charge in [-0.05, 0) is 19.8 Å². The number of hydrogen-bond donors (Lipinski definition) is 1. The lowest BCUT2D eigenvalue weighted by atomic mass is 10.2. The second-order valence-corrected chi connectivity index (χ2v) is 5.51. The summed E-state index contributed by atoms with van der Waals surface area (Å²) in [5.74, 6) is 1.90. The highest BCUT2D eigenvalue weighted by molar-refractivity contribution is 6.30. The van der Waals surface area contributed by atoms with Gasteiger partial charge in [-0.25, -0.2) is 9.97 Å². The van der Waals surface area contributed by atoms with Crippen LogP contribution in [-0.4, -0.2) is 34.3 Å². The third-order valence-corrected chi connectivity index (χ3v) is 3.82. The molecule has 0 aliphatic carbocycles. The summed E-state index contributed by atoms with van der Waals surface area (Å²) in [4.78, 5) is 11.1. The van der Waals surface area contributed by atoms with Gasteiger partial charge in [0, 0.05) is 18.0 Å². The highest BCUT2D eigenvalue weighted by Crippen LogP contribution is 2.30. The summed E-state index contributed by atoms with van der Waals surface area (Å²) >= 11 is 6.19. The minimum atomic E-state index is 0.162. The van der Waals surface area contributed by atoms with E-state index in [2.05, 4.69) is 28.7 Å². The van der Waals surface area contributed by atoms with Gasteiger partial charge in [0.1, 0.15) is 16.8 Å². The van der Waals surface area contributed by atoms with Gasteiger partial charge in [0.15, 0.2) is 0 Å². The Morgan fingerprint density at radius 3 is 2.78 bits per heavy atom. The molecule has 1 aromatic rings. The van der Waals surface area contributed by atoms with E-state index in [1.54, 1.807) is 0 Å². The molecule has 0 saturated carbocycles. The van der Waals surface area contributed by atoms with Gasteiger partial charge in [0.25, 0.3) is 0 Å². The number of hydrogen-bond acceptors (Lipinski definition) is 4. The Labute approximate surface area is 113 Å². The quantitative estimate of drug-likeness (QED) is 0.857. The van der Waals surface area contributed by atoms with Gasteiger partial charge in [-0.1, -0.05) is 25.4 Å². The van der Waals surface area contributed by atoms with Gasteiger partial charge in [0.2, 0.25) is 0 Å². The molecular formula is C13H20ClN3O. The van der Waals surface area contributed by atoms with E-state index in [0.29, 0.717) is 5.15 Å². The lowest BCUT2D eigenvalue weighted by Crippen LogP contribution is -2.33. The van der Waals surface area contributed by atoms with E-state index >= 15 is 0 Å². The van der Waals surface area contributed by atoms with Crippen LogP contribution in [0.1, 0.15) is 44.0 Å². The predicted molar refractivity (Wildman–Crippen MR) is 73.3 cm³/mol. The van der Waals surface area contributed by atoms with Crippen molar-refractivity contribution in [1.82, 2.24) is 9.97 Å². The first kappa shape index (κ1) is 13.6. The molecule has 1 saturated heterocycles. The van der Waals surface area contributed by atoms with E-state index in [9.17, 15) is 5.11 Å². The SMILES string of the molecule is Cc1c(Cl)nc(C(C)C)nc1N1CCCC1CO. The molecule has 4 nitrogen and oxygen atoms in total. The molecule has 100 valence electrons. The van der Waals surface area contributed by atoms with E-state index in [-0.39, 0.29) is 18.6 Å². The Hall–Kier alpha value is -0.870. The van der Waals surface area contributed by atoms with Crippen LogP contribution in [0.5, 0.6) is 0 Å². The third-order valence-electron chi connectivity index (χ3n) is 3.45. The van der Waals surface area contributed by atoms with Crippen LogP contribution in [0.25, 0.3) is 0 Å². The van der Waals surface area contributed by atoms with Crippen LogP contribution >= 0.6 is 11.6 Å². The van der Waals surface area contributed by atoms with Crippen LogP contribution in [0.2, 0.25) is 5.15 Å². The summed E-state index contributed by atoms with van der Waals surface area (Å²) in [5, 5.41) is 9.94. The monoisotopic (exact) mass is 269 g/mol. The van der Waals surface area contributed by atoms with Crippen molar-refractivity contribution in [2.45, 2.75) is 45.6 Å². The summed E-state index contributed by atoms with van der Waals surface area (Å²) in [6.07, 6.45) is 2.10. The summed E-state index contributed by atoms with van der Waals surface area (Å²) in [6, 6.07) is 0.162. The summed E-state index contributed by atoms with van der Waals surface area (Å²) in [7, 11) is 0. The Bertz CT molecular complexity index is 436. The molecule has 1 unspecified atom stereocenters. The second-order valence-electron chi connectivity index (χ2n) is 5.15. The molecule has 1 aliphatic rings. The molecule has 18 heavy (non-hydrogen) atoms. The number of aromatic nitrogens is 2. The van der Waals surface area contributed by atoms with E-state index < -0.39 is 0 Å². The first-order chi connectivity index (χ1) is 8.54. The van der Waals surface area contributed by atoms with Crippen LogP contribution in [0.3, 0.4) is 0 Å². The highest BCUT2D eigenvalue weighted by Gasteiger charge is 2.27. The van der Waals surface area contributed by atoms with Crippen LogP contribution in [0, 0.1) is 6.92 Å². The fourth-order valence-corrected chi connectivity index (χ4v) is 2.51. The van der Waals surface area contributed by atoms with Crippen molar-refractivity contribution in [2.75, 3.05) is 18.1 Å². The number of nitrogens with zero attached hydrogens (tertiary/aromatic N) is 3. The largest absolute Gasteiger partial charge is 0.394 e. The number of anilines is 1. The Morgan fingerprint density at radius 2 is 2.17 bits per heavy atom. The maximum absolute atomic E-state index is 9.42. The van der Waals surface area contributed by atoms with Crippen LogP contribution in [-0.2, 0) is 0 Å². The maximum atomic E-state index is 9.42. The smallest absolute Gasteiger partial charge is 0.137 e. The molecule has 5 heteroatoms.